The van der Waals surface area contributed by atoms with Gasteiger partial charge in [0.05, 0.1) is 5.33 Å². The zero-order valence-corrected chi connectivity index (χ0v) is 6.93. The van der Waals surface area contributed by atoms with Crippen LogP contribution in [0.2, 0.25) is 0 Å². The van der Waals surface area contributed by atoms with Crippen LogP contribution in [0, 0.1) is 11.8 Å². The Morgan fingerprint density at radius 1 is 1.38 bits per heavy atom. The van der Waals surface area contributed by atoms with E-state index in [9.17, 15) is 0 Å². The molecule has 0 aromatic rings. The van der Waals surface area contributed by atoms with Gasteiger partial charge < -0.3 is 0 Å². The first-order valence-corrected chi connectivity index (χ1v) is 4.15. The monoisotopic (exact) mass is 194 g/mol. The number of alkyl halides is 2. The summed E-state index contributed by atoms with van der Waals surface area (Å²) < 4.78 is 0. The third-order valence-electron chi connectivity index (χ3n) is 0.627. The Labute approximate surface area is 63.7 Å². The molecule has 0 radical (unpaired) electrons. The summed E-state index contributed by atoms with van der Waals surface area (Å²) in [6.07, 6.45) is 1.93. The summed E-state index contributed by atoms with van der Waals surface area (Å²) in [6.45, 7) is 0. The summed E-state index contributed by atoms with van der Waals surface area (Å²) in [7, 11) is 0. The van der Waals surface area contributed by atoms with Crippen molar-refractivity contribution in [1.29, 1.82) is 0 Å². The fourth-order valence-electron chi connectivity index (χ4n) is 0.291. The highest BCUT2D eigenvalue weighted by atomic mass is 79.9. The summed E-state index contributed by atoms with van der Waals surface area (Å²) in [5.41, 5.74) is 0. The van der Waals surface area contributed by atoms with E-state index in [0.29, 0.717) is 0 Å². The van der Waals surface area contributed by atoms with E-state index in [1.54, 1.807) is 0 Å². The van der Waals surface area contributed by atoms with E-state index in [2.05, 4.69) is 27.8 Å². The second kappa shape index (κ2) is 7.33. The maximum absolute atomic E-state index is 5.40. The quantitative estimate of drug-likeness (QED) is 0.361. The summed E-state index contributed by atoms with van der Waals surface area (Å²) in [6, 6.07) is 0. The van der Waals surface area contributed by atoms with Crippen molar-refractivity contribution in [3.05, 3.63) is 0 Å². The van der Waals surface area contributed by atoms with Crippen molar-refractivity contribution in [2.75, 3.05) is 11.2 Å². The first-order valence-electron chi connectivity index (χ1n) is 2.49. The molecule has 0 saturated carbocycles. The Kier molecular flexibility index (Phi) is 7.63. The molecule has 0 fully saturated rings. The Hall–Kier alpha value is 0.330. The molecule has 0 amide bonds. The van der Waals surface area contributed by atoms with Gasteiger partial charge in [0.15, 0.2) is 0 Å². The zero-order chi connectivity index (χ0) is 6.24. The molecule has 0 N–H and O–H groups in total. The van der Waals surface area contributed by atoms with Crippen molar-refractivity contribution in [2.24, 2.45) is 0 Å². The third kappa shape index (κ3) is 6.33. The van der Waals surface area contributed by atoms with Gasteiger partial charge in [-0.05, 0) is 6.42 Å². The predicted molar refractivity (Wildman–Crippen MR) is 41.5 cm³/mol. The normalized spacial score (nSPS) is 7.75. The highest BCUT2D eigenvalue weighted by molar-refractivity contribution is 9.09. The van der Waals surface area contributed by atoms with Crippen molar-refractivity contribution in [2.45, 2.75) is 12.8 Å². The van der Waals surface area contributed by atoms with Crippen molar-refractivity contribution in [1.82, 2.24) is 0 Å². The minimum Gasteiger partial charge on any atom is -0.127 e. The lowest BCUT2D eigenvalue weighted by molar-refractivity contribution is 0.991. The summed E-state index contributed by atoms with van der Waals surface area (Å²) in [5.74, 6) is 6.56. The summed E-state index contributed by atoms with van der Waals surface area (Å²) in [4.78, 5) is 0. The minimum atomic E-state index is 0.719. The smallest absolute Gasteiger partial charge is 0.0645 e. The Balaban J connectivity index is 2.90. The fraction of sp³-hybridized carbons (Fsp3) is 0.667. The van der Waals surface area contributed by atoms with Crippen LogP contribution >= 0.6 is 27.5 Å². The van der Waals surface area contributed by atoms with Crippen LogP contribution in [0.25, 0.3) is 0 Å². The van der Waals surface area contributed by atoms with Crippen molar-refractivity contribution in [3.8, 4) is 11.8 Å². The molecule has 0 aromatic heterocycles. The molecule has 0 aliphatic rings. The molecule has 0 heterocycles. The van der Waals surface area contributed by atoms with Gasteiger partial charge in [-0.25, -0.2) is 0 Å². The Bertz CT molecular complexity index is 90.4. The van der Waals surface area contributed by atoms with Crippen molar-refractivity contribution < 1.29 is 0 Å². The van der Waals surface area contributed by atoms with Gasteiger partial charge in [0, 0.05) is 12.3 Å². The average molecular weight is 195 g/mol. The summed E-state index contributed by atoms with van der Waals surface area (Å²) in [5, 5.41) is 0.773. The van der Waals surface area contributed by atoms with Gasteiger partial charge >= 0.3 is 0 Å². The predicted octanol–water partition coefficient (Wildman–Crippen LogP) is 2.40. The van der Waals surface area contributed by atoms with Gasteiger partial charge in [0.2, 0.25) is 0 Å². The molecule has 8 heavy (non-hydrogen) atoms. The molecular weight excluding hydrogens is 187 g/mol. The van der Waals surface area contributed by atoms with Crippen LogP contribution in [-0.2, 0) is 0 Å². The van der Waals surface area contributed by atoms with E-state index >= 15 is 0 Å². The summed E-state index contributed by atoms with van der Waals surface area (Å²) >= 11 is 8.60. The number of rotatable bonds is 2. The Morgan fingerprint density at radius 2 is 2.12 bits per heavy atom. The van der Waals surface area contributed by atoms with Crippen LogP contribution < -0.4 is 0 Å². The third-order valence-corrected chi connectivity index (χ3v) is 1.17. The lowest BCUT2D eigenvalue weighted by atomic mass is 10.3. The molecule has 0 bridgehead atoms. The van der Waals surface area contributed by atoms with Crippen molar-refractivity contribution >= 4 is 27.5 Å². The van der Waals surface area contributed by atoms with Crippen LogP contribution in [0.1, 0.15) is 12.8 Å². The van der Waals surface area contributed by atoms with Gasteiger partial charge in [-0.15, -0.1) is 17.5 Å². The molecule has 0 spiro atoms. The molecule has 0 unspecified atom stereocenters. The highest BCUT2D eigenvalue weighted by Crippen LogP contribution is 1.88. The van der Waals surface area contributed by atoms with E-state index in [-0.39, 0.29) is 0 Å². The Morgan fingerprint density at radius 3 is 2.62 bits per heavy atom. The molecule has 0 atom stereocenters. The van der Waals surface area contributed by atoms with Gasteiger partial charge in [0.1, 0.15) is 0 Å². The van der Waals surface area contributed by atoms with Gasteiger partial charge in [-0.2, -0.15) is 0 Å². The number of hydrogen-bond donors (Lipinski definition) is 0. The highest BCUT2D eigenvalue weighted by Gasteiger charge is 1.75. The largest absolute Gasteiger partial charge is 0.127 e. The molecule has 46 valence electrons. The van der Waals surface area contributed by atoms with Crippen LogP contribution in [-0.4, -0.2) is 11.2 Å². The fourth-order valence-corrected chi connectivity index (χ4v) is 0.623. The zero-order valence-electron chi connectivity index (χ0n) is 4.58. The van der Waals surface area contributed by atoms with E-state index < -0.39 is 0 Å². The molecule has 0 aliphatic heterocycles. The maximum Gasteiger partial charge on any atom is 0.0645 e. The number of hydrogen-bond acceptors (Lipinski definition) is 0. The second-order valence-electron chi connectivity index (χ2n) is 1.28. The van der Waals surface area contributed by atoms with Crippen LogP contribution in [0.15, 0.2) is 0 Å². The topological polar surface area (TPSA) is 0 Å². The van der Waals surface area contributed by atoms with Gasteiger partial charge in [-0.3, -0.25) is 0 Å². The lowest BCUT2D eigenvalue weighted by Crippen LogP contribution is -1.71. The molecule has 0 aromatic carbocycles. The molecule has 2 heteroatoms. The minimum absolute atomic E-state index is 0.719. The molecule has 0 nitrogen and oxygen atoms in total. The number of unbranched alkanes of at least 4 members (excludes halogenated alkanes) is 1. The maximum atomic E-state index is 5.40. The van der Waals surface area contributed by atoms with Crippen LogP contribution in [0.4, 0.5) is 0 Å². The standard InChI is InChI=1S/C6H8BrCl/c7-5-3-1-2-4-6-8/h2,4-6H2. The van der Waals surface area contributed by atoms with Crippen LogP contribution in [0.3, 0.4) is 0 Å². The van der Waals surface area contributed by atoms with E-state index in [1.807, 2.05) is 0 Å². The SMILES string of the molecule is ClCCCC#CCBr. The van der Waals surface area contributed by atoms with Gasteiger partial charge in [0.25, 0.3) is 0 Å². The molecule has 0 saturated heterocycles. The number of halogens is 2. The van der Waals surface area contributed by atoms with E-state index in [4.69, 9.17) is 11.6 Å². The molecule has 0 rings (SSSR count). The van der Waals surface area contributed by atoms with E-state index in [0.717, 1.165) is 24.1 Å². The molecular formula is C6H8BrCl. The van der Waals surface area contributed by atoms with E-state index in [1.165, 1.54) is 0 Å². The second-order valence-corrected chi connectivity index (χ2v) is 2.22. The first-order chi connectivity index (χ1) is 3.91. The first kappa shape index (κ1) is 8.33. The van der Waals surface area contributed by atoms with Gasteiger partial charge in [-0.1, -0.05) is 21.9 Å². The molecule has 0 aliphatic carbocycles. The average Bonchev–Trinajstić information content (AvgIpc) is 1.81. The lowest BCUT2D eigenvalue weighted by Gasteiger charge is -1.80. The van der Waals surface area contributed by atoms with Crippen molar-refractivity contribution in [3.63, 3.8) is 0 Å². The van der Waals surface area contributed by atoms with Crippen LogP contribution in [0.5, 0.6) is 0 Å².